The number of amides is 1. The van der Waals surface area contributed by atoms with Crippen molar-refractivity contribution in [1.82, 2.24) is 0 Å². The number of para-hydroxylation sites is 2. The molecule has 0 aliphatic carbocycles. The van der Waals surface area contributed by atoms with Crippen LogP contribution in [0.1, 0.15) is 15.2 Å². The van der Waals surface area contributed by atoms with Gasteiger partial charge in [0.1, 0.15) is 11.6 Å². The van der Waals surface area contributed by atoms with Gasteiger partial charge < -0.3 is 15.8 Å². The minimum atomic E-state index is -0.235. The zero-order valence-corrected chi connectivity index (χ0v) is 15.5. The van der Waals surface area contributed by atoms with Crippen molar-refractivity contribution in [2.45, 2.75) is 0 Å². The number of anilines is 1. The third-order valence-electron chi connectivity index (χ3n) is 3.59. The van der Waals surface area contributed by atoms with Gasteiger partial charge in [-0.1, -0.05) is 18.2 Å². The van der Waals surface area contributed by atoms with Gasteiger partial charge in [0, 0.05) is 0 Å². The second-order valence-corrected chi connectivity index (χ2v) is 6.15. The fraction of sp³-hybridized carbons (Fsp3) is 0. The number of ether oxygens (including phenoxy) is 1. The molecule has 4 rings (SSSR count). The number of carbonyl (C=O) groups excluding carboxylic acids is 1. The lowest BCUT2D eigenvalue weighted by molar-refractivity contribution is 0.102. The Morgan fingerprint density at radius 1 is 1.08 bits per heavy atom. The number of aliphatic imine (C=N–C) groups is 1. The molecule has 126 valence electrons. The molecule has 7 heteroatoms. The van der Waals surface area contributed by atoms with E-state index in [9.17, 15) is 4.79 Å². The molecule has 0 spiro atoms. The van der Waals surface area contributed by atoms with Gasteiger partial charge in [-0.3, -0.25) is 4.79 Å². The number of amidine groups is 1. The minimum Gasteiger partial charge on any atom is -0.454 e. The Labute approximate surface area is 158 Å². The number of halogens is 1. The van der Waals surface area contributed by atoms with Gasteiger partial charge in [-0.15, -0.1) is 28.3 Å². The Balaban J connectivity index is 0.00000182. The van der Waals surface area contributed by atoms with Gasteiger partial charge in [-0.25, -0.2) is 4.99 Å². The lowest BCUT2D eigenvalue weighted by atomic mass is 10.1. The molecule has 1 amide bonds. The summed E-state index contributed by atoms with van der Waals surface area (Å²) < 4.78 is 5.84. The van der Waals surface area contributed by atoms with Crippen molar-refractivity contribution in [3.05, 3.63) is 70.4 Å². The van der Waals surface area contributed by atoms with Crippen molar-refractivity contribution in [3.8, 4) is 11.5 Å². The molecule has 0 atom stereocenters. The van der Waals surface area contributed by atoms with Crippen molar-refractivity contribution in [2.75, 3.05) is 5.32 Å². The summed E-state index contributed by atoms with van der Waals surface area (Å²) in [6, 6.07) is 16.3. The second-order valence-electron chi connectivity index (χ2n) is 5.21. The Bertz CT molecular complexity index is 955. The zero-order valence-electron chi connectivity index (χ0n) is 12.9. The van der Waals surface area contributed by atoms with Crippen LogP contribution in [0.25, 0.3) is 0 Å². The largest absolute Gasteiger partial charge is 0.454 e. The number of benzene rings is 2. The fourth-order valence-corrected chi connectivity index (χ4v) is 3.07. The Morgan fingerprint density at radius 2 is 1.92 bits per heavy atom. The van der Waals surface area contributed by atoms with Crippen molar-refractivity contribution >= 4 is 51.4 Å². The Hall–Kier alpha value is -2.64. The van der Waals surface area contributed by atoms with Gasteiger partial charge in [0.15, 0.2) is 5.75 Å². The number of rotatable bonds is 2. The number of thiophene rings is 1. The van der Waals surface area contributed by atoms with E-state index in [1.54, 1.807) is 24.3 Å². The topological polar surface area (TPSA) is 76.7 Å². The molecule has 1 aliphatic heterocycles. The maximum atomic E-state index is 12.5. The molecule has 2 heterocycles. The molecular weight excluding hydrogens is 402 g/mol. The summed E-state index contributed by atoms with van der Waals surface area (Å²) in [5.74, 6) is 1.29. The molecular formula is C18H14BrN3O2S. The Morgan fingerprint density at radius 3 is 2.72 bits per heavy atom. The molecule has 3 N–H and O–H groups in total. The molecule has 0 saturated heterocycles. The minimum absolute atomic E-state index is 0. The first-order valence-electron chi connectivity index (χ1n) is 7.31. The highest BCUT2D eigenvalue weighted by Gasteiger charge is 2.20. The number of nitrogens with zero attached hydrogens (tertiary/aromatic N) is 1. The predicted octanol–water partition coefficient (Wildman–Crippen LogP) is 4.72. The van der Waals surface area contributed by atoms with Gasteiger partial charge >= 0.3 is 0 Å². The number of hydrogen-bond acceptors (Lipinski definition) is 4. The molecule has 2 aromatic carbocycles. The van der Waals surface area contributed by atoms with Crippen LogP contribution in [0.4, 0.5) is 11.4 Å². The summed E-state index contributed by atoms with van der Waals surface area (Å²) in [6.07, 6.45) is 0. The van der Waals surface area contributed by atoms with Crippen LogP contribution in [0.2, 0.25) is 0 Å². The molecule has 0 saturated carbocycles. The monoisotopic (exact) mass is 415 g/mol. The van der Waals surface area contributed by atoms with Crippen molar-refractivity contribution in [3.63, 3.8) is 0 Å². The number of nitrogens with two attached hydrogens (primary N) is 1. The normalized spacial score (nSPS) is 12.8. The van der Waals surface area contributed by atoms with Crippen molar-refractivity contribution in [2.24, 2.45) is 10.7 Å². The van der Waals surface area contributed by atoms with E-state index in [0.29, 0.717) is 34.3 Å². The van der Waals surface area contributed by atoms with Crippen LogP contribution in [0.3, 0.4) is 0 Å². The highest BCUT2D eigenvalue weighted by Crippen LogP contribution is 2.36. The number of fused-ring (bicyclic) bond motifs is 2. The lowest BCUT2D eigenvalue weighted by Crippen LogP contribution is -2.11. The highest BCUT2D eigenvalue weighted by atomic mass is 79.9. The van der Waals surface area contributed by atoms with E-state index in [1.165, 1.54) is 11.3 Å². The lowest BCUT2D eigenvalue weighted by Gasteiger charge is -2.07. The number of nitrogens with one attached hydrogen (secondary N) is 1. The van der Waals surface area contributed by atoms with E-state index in [2.05, 4.69) is 10.3 Å². The third kappa shape index (κ3) is 3.42. The van der Waals surface area contributed by atoms with E-state index in [-0.39, 0.29) is 22.9 Å². The predicted molar refractivity (Wildman–Crippen MR) is 106 cm³/mol. The molecule has 0 radical (unpaired) electrons. The zero-order chi connectivity index (χ0) is 16.5. The van der Waals surface area contributed by atoms with E-state index >= 15 is 0 Å². The van der Waals surface area contributed by atoms with Crippen LogP contribution in [0, 0.1) is 0 Å². The second kappa shape index (κ2) is 7.08. The summed E-state index contributed by atoms with van der Waals surface area (Å²) in [5, 5.41) is 4.78. The smallest absolute Gasteiger partial charge is 0.259 e. The molecule has 0 bridgehead atoms. The summed E-state index contributed by atoms with van der Waals surface area (Å²) in [5.41, 5.74) is 7.68. The van der Waals surface area contributed by atoms with Crippen LogP contribution in [-0.4, -0.2) is 11.7 Å². The first-order valence-corrected chi connectivity index (χ1v) is 8.19. The van der Waals surface area contributed by atoms with Crippen LogP contribution < -0.4 is 15.8 Å². The van der Waals surface area contributed by atoms with Gasteiger partial charge in [0.2, 0.25) is 0 Å². The number of carbonyl (C=O) groups is 1. The molecule has 3 aromatic rings. The van der Waals surface area contributed by atoms with E-state index < -0.39 is 0 Å². The molecule has 1 aliphatic rings. The van der Waals surface area contributed by atoms with Crippen molar-refractivity contribution < 1.29 is 9.53 Å². The van der Waals surface area contributed by atoms with Crippen LogP contribution in [0.15, 0.2) is 65.0 Å². The molecule has 0 unspecified atom stereocenters. The Kier molecular flexibility index (Phi) is 4.87. The average molecular weight is 416 g/mol. The summed E-state index contributed by atoms with van der Waals surface area (Å²) >= 11 is 1.51. The van der Waals surface area contributed by atoms with Gasteiger partial charge in [-0.05, 0) is 41.8 Å². The SMILES string of the molecule is Br.NC(=Nc1ccc2c(c1)C(=O)Nc1ccccc1O2)c1cccs1. The van der Waals surface area contributed by atoms with Gasteiger partial charge in [-0.2, -0.15) is 0 Å². The fourth-order valence-electron chi connectivity index (χ4n) is 2.44. The number of hydrogen-bond donors (Lipinski definition) is 2. The molecule has 0 fully saturated rings. The quantitative estimate of drug-likeness (QED) is 0.469. The van der Waals surface area contributed by atoms with Crippen LogP contribution in [0.5, 0.6) is 11.5 Å². The third-order valence-corrected chi connectivity index (χ3v) is 4.48. The first-order chi connectivity index (χ1) is 11.7. The van der Waals surface area contributed by atoms with E-state index in [1.807, 2.05) is 35.7 Å². The molecule has 5 nitrogen and oxygen atoms in total. The highest BCUT2D eigenvalue weighted by molar-refractivity contribution is 8.93. The summed E-state index contributed by atoms with van der Waals surface area (Å²) in [7, 11) is 0. The standard InChI is InChI=1S/C18H13N3O2S.BrH/c19-17(16-6-3-9-24-16)20-11-7-8-14-12(10-11)18(22)21-13-4-1-2-5-15(13)23-14;/h1-10H,(H2,19,20)(H,21,22);1H. The maximum absolute atomic E-state index is 12.5. The van der Waals surface area contributed by atoms with Gasteiger partial charge in [0.05, 0.1) is 21.8 Å². The maximum Gasteiger partial charge on any atom is 0.259 e. The summed E-state index contributed by atoms with van der Waals surface area (Å²) in [4.78, 5) is 17.7. The van der Waals surface area contributed by atoms with Gasteiger partial charge in [0.25, 0.3) is 5.91 Å². The molecule has 25 heavy (non-hydrogen) atoms. The average Bonchev–Trinajstić information content (AvgIpc) is 3.08. The van der Waals surface area contributed by atoms with E-state index in [0.717, 1.165) is 4.88 Å². The summed E-state index contributed by atoms with van der Waals surface area (Å²) in [6.45, 7) is 0. The first kappa shape index (κ1) is 17.2. The molecule has 1 aromatic heterocycles. The van der Waals surface area contributed by atoms with E-state index in [4.69, 9.17) is 10.5 Å². The van der Waals surface area contributed by atoms with Crippen LogP contribution >= 0.6 is 28.3 Å². The van der Waals surface area contributed by atoms with Crippen molar-refractivity contribution in [1.29, 1.82) is 0 Å². The van der Waals surface area contributed by atoms with Crippen LogP contribution in [-0.2, 0) is 0 Å².